The molecular weight excluding hydrogens is 364 g/mol. The Morgan fingerprint density at radius 3 is 2.90 bits per heavy atom. The Labute approximate surface area is 171 Å². The molecule has 1 aliphatic rings. The van der Waals surface area contributed by atoms with E-state index in [1.54, 1.807) is 13.2 Å². The molecule has 0 spiro atoms. The second-order valence-corrected chi connectivity index (χ2v) is 7.27. The first-order chi connectivity index (χ1) is 14.0. The van der Waals surface area contributed by atoms with Gasteiger partial charge in [-0.1, -0.05) is 11.2 Å². The van der Waals surface area contributed by atoms with Crippen molar-refractivity contribution < 1.29 is 9.63 Å². The van der Waals surface area contributed by atoms with Crippen LogP contribution in [0, 0.1) is 24.2 Å². The summed E-state index contributed by atoms with van der Waals surface area (Å²) in [4.78, 5) is 19.4. The number of carbonyl (C=O) groups excluding carboxylic acids is 1. The molecule has 1 atom stereocenters. The van der Waals surface area contributed by atoms with Gasteiger partial charge in [-0.25, -0.2) is 0 Å². The summed E-state index contributed by atoms with van der Waals surface area (Å²) >= 11 is 0. The summed E-state index contributed by atoms with van der Waals surface area (Å²) in [6.45, 7) is 4.69. The predicted octanol–water partition coefficient (Wildman–Crippen LogP) is 4.37. The van der Waals surface area contributed by atoms with E-state index < -0.39 is 0 Å². The van der Waals surface area contributed by atoms with Crippen molar-refractivity contribution in [2.75, 3.05) is 18.6 Å². The fraction of sp³-hybridized carbons (Fsp3) is 0.348. The molecule has 1 aromatic heterocycles. The van der Waals surface area contributed by atoms with Gasteiger partial charge in [-0.2, -0.15) is 5.26 Å². The van der Waals surface area contributed by atoms with Crippen LogP contribution in [-0.2, 0) is 9.63 Å². The maximum absolute atomic E-state index is 12.6. The van der Waals surface area contributed by atoms with E-state index in [0.717, 1.165) is 42.0 Å². The topological polar surface area (TPSA) is 70.6 Å². The van der Waals surface area contributed by atoms with Crippen molar-refractivity contribution in [1.29, 1.82) is 5.26 Å². The zero-order valence-corrected chi connectivity index (χ0v) is 17.1. The molecule has 2 aromatic rings. The molecule has 6 nitrogen and oxygen atoms in total. The third-order valence-electron chi connectivity index (χ3n) is 5.17. The van der Waals surface area contributed by atoms with Crippen LogP contribution in [0.5, 0.6) is 0 Å². The largest absolute Gasteiger partial charge is 0.399 e. The molecule has 0 N–H and O–H groups in total. The molecule has 6 heteroatoms. The lowest BCUT2D eigenvalue weighted by molar-refractivity contribution is -0.117. The van der Waals surface area contributed by atoms with Gasteiger partial charge in [0.25, 0.3) is 0 Å². The molecule has 0 aliphatic carbocycles. The SMILES string of the molecule is C/C=C\C(CCC1CC(=O)N(c2ccc(-n3ccc(C#N)c3)c(C)c2)C1)=N/OC. The van der Waals surface area contributed by atoms with E-state index in [1.807, 2.05) is 66.1 Å². The molecule has 1 amide bonds. The van der Waals surface area contributed by atoms with E-state index in [-0.39, 0.29) is 5.91 Å². The molecule has 3 rings (SSSR count). The highest BCUT2D eigenvalue weighted by molar-refractivity contribution is 5.96. The van der Waals surface area contributed by atoms with Crippen molar-refractivity contribution >= 4 is 17.3 Å². The second-order valence-electron chi connectivity index (χ2n) is 7.27. The molecule has 0 saturated carbocycles. The molecule has 1 aromatic carbocycles. The zero-order valence-electron chi connectivity index (χ0n) is 17.1. The Balaban J connectivity index is 1.69. The number of aromatic nitrogens is 1. The highest BCUT2D eigenvalue weighted by Gasteiger charge is 2.30. The predicted molar refractivity (Wildman–Crippen MR) is 114 cm³/mol. The average Bonchev–Trinajstić information content (AvgIpc) is 3.33. The number of benzene rings is 1. The minimum Gasteiger partial charge on any atom is -0.399 e. The first-order valence-electron chi connectivity index (χ1n) is 9.78. The van der Waals surface area contributed by atoms with Crippen LogP contribution in [0.3, 0.4) is 0 Å². The van der Waals surface area contributed by atoms with E-state index >= 15 is 0 Å². The smallest absolute Gasteiger partial charge is 0.227 e. The number of nitriles is 1. The van der Waals surface area contributed by atoms with Crippen LogP contribution in [-0.4, -0.2) is 29.8 Å². The molecule has 29 heavy (non-hydrogen) atoms. The number of amides is 1. The van der Waals surface area contributed by atoms with Gasteiger partial charge in [0.05, 0.1) is 11.3 Å². The lowest BCUT2D eigenvalue weighted by Gasteiger charge is -2.19. The third kappa shape index (κ3) is 4.75. The Morgan fingerprint density at radius 2 is 2.24 bits per heavy atom. The number of rotatable bonds is 7. The lowest BCUT2D eigenvalue weighted by atomic mass is 10.0. The first kappa shape index (κ1) is 20.4. The molecule has 2 heterocycles. The van der Waals surface area contributed by atoms with Crippen LogP contribution in [0.15, 0.2) is 54.0 Å². The molecule has 0 radical (unpaired) electrons. The summed E-state index contributed by atoms with van der Waals surface area (Å²) in [6, 6.07) is 9.95. The molecule has 1 saturated heterocycles. The maximum Gasteiger partial charge on any atom is 0.227 e. The van der Waals surface area contributed by atoms with Gasteiger partial charge in [0, 0.05) is 36.7 Å². The summed E-state index contributed by atoms with van der Waals surface area (Å²) in [5.41, 5.74) is 4.50. The number of anilines is 1. The van der Waals surface area contributed by atoms with Gasteiger partial charge in [0.1, 0.15) is 13.2 Å². The number of hydrogen-bond acceptors (Lipinski definition) is 4. The minimum absolute atomic E-state index is 0.158. The van der Waals surface area contributed by atoms with Gasteiger partial charge in [0.15, 0.2) is 0 Å². The molecule has 150 valence electrons. The minimum atomic E-state index is 0.158. The quantitative estimate of drug-likeness (QED) is 0.521. The summed E-state index contributed by atoms with van der Waals surface area (Å²) < 4.78 is 1.93. The van der Waals surface area contributed by atoms with E-state index in [1.165, 1.54) is 0 Å². The zero-order chi connectivity index (χ0) is 20.8. The number of allylic oxidation sites excluding steroid dienone is 2. The molecule has 1 fully saturated rings. The van der Waals surface area contributed by atoms with Crippen LogP contribution >= 0.6 is 0 Å². The first-order valence-corrected chi connectivity index (χ1v) is 9.78. The number of aryl methyl sites for hydroxylation is 1. The second kappa shape index (κ2) is 9.24. The Bertz CT molecular complexity index is 981. The maximum atomic E-state index is 12.6. The van der Waals surface area contributed by atoms with E-state index in [2.05, 4.69) is 11.2 Å². The Morgan fingerprint density at radius 1 is 1.41 bits per heavy atom. The lowest BCUT2D eigenvalue weighted by Crippen LogP contribution is -2.24. The third-order valence-corrected chi connectivity index (χ3v) is 5.17. The van der Waals surface area contributed by atoms with Crippen LogP contribution < -0.4 is 4.90 Å². The van der Waals surface area contributed by atoms with Crippen molar-refractivity contribution in [3.8, 4) is 11.8 Å². The van der Waals surface area contributed by atoms with Crippen LogP contribution in [0.2, 0.25) is 0 Å². The Hall–Kier alpha value is -3.33. The highest BCUT2D eigenvalue weighted by atomic mass is 16.6. The van der Waals surface area contributed by atoms with E-state index in [4.69, 9.17) is 10.1 Å². The van der Waals surface area contributed by atoms with Crippen LogP contribution in [0.1, 0.15) is 37.3 Å². The van der Waals surface area contributed by atoms with Gasteiger partial charge in [-0.15, -0.1) is 0 Å². The normalized spacial score (nSPS) is 17.2. The number of hydrogen-bond donors (Lipinski definition) is 0. The van der Waals surface area contributed by atoms with Gasteiger partial charge >= 0.3 is 0 Å². The van der Waals surface area contributed by atoms with E-state index in [0.29, 0.717) is 17.9 Å². The van der Waals surface area contributed by atoms with Crippen molar-refractivity contribution in [3.05, 3.63) is 59.9 Å². The van der Waals surface area contributed by atoms with Crippen LogP contribution in [0.25, 0.3) is 5.69 Å². The number of carbonyl (C=O) groups is 1. The molecule has 1 unspecified atom stereocenters. The van der Waals surface area contributed by atoms with Gasteiger partial charge in [-0.05, 0) is 68.5 Å². The summed E-state index contributed by atoms with van der Waals surface area (Å²) in [5, 5.41) is 13.1. The number of oxime groups is 1. The van der Waals surface area contributed by atoms with Gasteiger partial charge in [-0.3, -0.25) is 4.79 Å². The van der Waals surface area contributed by atoms with Gasteiger partial charge < -0.3 is 14.3 Å². The summed E-state index contributed by atoms with van der Waals surface area (Å²) in [7, 11) is 1.55. The van der Waals surface area contributed by atoms with Crippen molar-refractivity contribution in [3.63, 3.8) is 0 Å². The Kier molecular flexibility index (Phi) is 6.50. The standard InChI is InChI=1S/C23H26N4O2/c1-4-5-20(25-29-3)7-6-18-13-23(28)27(16-18)21-8-9-22(17(2)12-21)26-11-10-19(14-24)15-26/h4-5,8-12,15,18H,6-7,13,16H2,1-3H3/b5-4-,25-20+. The fourth-order valence-corrected chi connectivity index (χ4v) is 3.76. The van der Waals surface area contributed by atoms with Crippen molar-refractivity contribution in [1.82, 2.24) is 4.57 Å². The summed E-state index contributed by atoms with van der Waals surface area (Å²) in [6.07, 6.45) is 9.81. The van der Waals surface area contributed by atoms with Crippen molar-refractivity contribution in [2.24, 2.45) is 11.1 Å². The van der Waals surface area contributed by atoms with Crippen LogP contribution in [0.4, 0.5) is 5.69 Å². The monoisotopic (exact) mass is 390 g/mol. The highest BCUT2D eigenvalue weighted by Crippen LogP contribution is 2.30. The molecular formula is C23H26N4O2. The molecule has 0 bridgehead atoms. The fourth-order valence-electron chi connectivity index (χ4n) is 3.76. The van der Waals surface area contributed by atoms with Gasteiger partial charge in [0.2, 0.25) is 5.91 Å². The average molecular weight is 390 g/mol. The summed E-state index contributed by atoms with van der Waals surface area (Å²) in [5.74, 6) is 0.462. The number of nitrogens with zero attached hydrogens (tertiary/aromatic N) is 4. The van der Waals surface area contributed by atoms with Crippen molar-refractivity contribution in [2.45, 2.75) is 33.1 Å². The van der Waals surface area contributed by atoms with E-state index in [9.17, 15) is 4.79 Å². The molecule has 1 aliphatic heterocycles.